The fourth-order valence-electron chi connectivity index (χ4n) is 7.98. The van der Waals surface area contributed by atoms with Crippen LogP contribution in [0.25, 0.3) is 33.0 Å². The number of nitrogens with one attached hydrogen (secondary N) is 4. The van der Waals surface area contributed by atoms with Crippen LogP contribution in [-0.4, -0.2) is 125 Å². The van der Waals surface area contributed by atoms with Crippen LogP contribution < -0.4 is 31.7 Å². The molecule has 6 rings (SSSR count). The number of benzene rings is 1. The number of rotatable bonds is 22. The van der Waals surface area contributed by atoms with Gasteiger partial charge in [0.15, 0.2) is 23.1 Å². The molecular formula is C49H66N12O8S. The molecule has 4 aromatic heterocycles. The number of imidazole rings is 1. The van der Waals surface area contributed by atoms with Gasteiger partial charge in [-0.25, -0.2) is 19.6 Å². The van der Waals surface area contributed by atoms with Gasteiger partial charge in [-0.3, -0.25) is 19.2 Å². The first kappa shape index (κ1) is 52.9. The summed E-state index contributed by atoms with van der Waals surface area (Å²) >= 11 is 1.57. The summed E-state index contributed by atoms with van der Waals surface area (Å²) in [7, 11) is 0. The van der Waals surface area contributed by atoms with Gasteiger partial charge in [0.2, 0.25) is 23.6 Å². The predicted molar refractivity (Wildman–Crippen MR) is 265 cm³/mol. The predicted octanol–water partition coefficient (Wildman–Crippen LogP) is 3.87. The minimum absolute atomic E-state index is 0.00973. The van der Waals surface area contributed by atoms with Gasteiger partial charge in [0.1, 0.15) is 34.4 Å². The summed E-state index contributed by atoms with van der Waals surface area (Å²) in [5.41, 5.74) is 10.5. The summed E-state index contributed by atoms with van der Waals surface area (Å²) in [6.45, 7) is 15.4. The topological polar surface area (TPSA) is 278 Å². The van der Waals surface area contributed by atoms with Gasteiger partial charge < -0.3 is 51.4 Å². The van der Waals surface area contributed by atoms with Gasteiger partial charge in [0.05, 0.1) is 35.0 Å². The van der Waals surface area contributed by atoms with E-state index < -0.39 is 35.1 Å². The lowest BCUT2D eigenvalue weighted by atomic mass is 9.85. The summed E-state index contributed by atoms with van der Waals surface area (Å²) < 4.78 is 12.9. The first-order valence-corrected chi connectivity index (χ1v) is 24.6. The van der Waals surface area contributed by atoms with E-state index in [0.29, 0.717) is 93.2 Å². The molecule has 376 valence electrons. The van der Waals surface area contributed by atoms with E-state index in [0.717, 1.165) is 21.7 Å². The lowest BCUT2D eigenvalue weighted by Gasteiger charge is -2.35. The molecule has 1 aliphatic rings. The number of pyridine rings is 1. The largest absolute Gasteiger partial charge is 0.490 e. The first-order valence-electron chi connectivity index (χ1n) is 23.7. The molecule has 5 heterocycles. The number of nitrogen functional groups attached to an aromatic ring is 1. The second-order valence-corrected chi connectivity index (χ2v) is 19.8. The maximum Gasteiger partial charge on any atom is 0.246 e. The number of aryl methyl sites for hydroxylation is 2. The Morgan fingerprint density at radius 2 is 1.73 bits per heavy atom. The average molecular weight is 983 g/mol. The third kappa shape index (κ3) is 14.1. The van der Waals surface area contributed by atoms with Crippen molar-refractivity contribution < 1.29 is 38.8 Å². The molecule has 70 heavy (non-hydrogen) atoms. The lowest BCUT2D eigenvalue weighted by molar-refractivity contribution is -0.144. The van der Waals surface area contributed by atoms with E-state index in [4.69, 9.17) is 20.1 Å². The van der Waals surface area contributed by atoms with Crippen molar-refractivity contribution in [1.82, 2.24) is 56.0 Å². The summed E-state index contributed by atoms with van der Waals surface area (Å²) in [4.78, 5) is 69.2. The number of fused-ring (bicyclic) bond motifs is 1. The van der Waals surface area contributed by atoms with Crippen LogP contribution in [0.15, 0.2) is 40.6 Å². The van der Waals surface area contributed by atoms with Crippen LogP contribution in [-0.2, 0) is 32.3 Å². The van der Waals surface area contributed by atoms with Gasteiger partial charge in [-0.1, -0.05) is 51.0 Å². The number of hydrogen-bond donors (Lipinski definition) is 7. The third-order valence-electron chi connectivity index (χ3n) is 11.6. The highest BCUT2D eigenvalue weighted by atomic mass is 32.1. The highest BCUT2D eigenvalue weighted by molar-refractivity contribution is 7.13. The van der Waals surface area contributed by atoms with Crippen LogP contribution >= 0.6 is 11.3 Å². The van der Waals surface area contributed by atoms with E-state index >= 15 is 0 Å². The fourth-order valence-corrected chi connectivity index (χ4v) is 8.79. The monoisotopic (exact) mass is 982 g/mol. The number of carbonyl (C=O) groups is 4. The number of unbranched alkanes of at least 4 members (excludes halogenated alkanes) is 1. The number of ether oxygens (including phenoxy) is 1. The molecule has 1 saturated heterocycles. The molecule has 1 fully saturated rings. The van der Waals surface area contributed by atoms with Crippen LogP contribution in [0, 0.1) is 24.2 Å². The highest BCUT2D eigenvalue weighted by Gasteiger charge is 2.44. The number of nitrogens with zero attached hydrogens (tertiary/aromatic N) is 7. The van der Waals surface area contributed by atoms with Crippen LogP contribution in [0.5, 0.6) is 5.75 Å². The molecule has 4 amide bonds. The Labute approximate surface area is 411 Å². The smallest absolute Gasteiger partial charge is 0.246 e. The van der Waals surface area contributed by atoms with Gasteiger partial charge in [0, 0.05) is 45.4 Å². The van der Waals surface area contributed by atoms with Crippen molar-refractivity contribution in [2.75, 3.05) is 38.5 Å². The summed E-state index contributed by atoms with van der Waals surface area (Å²) in [5.74, 6) is 5.54. The average Bonchev–Trinajstić information content (AvgIpc) is 4.13. The molecular weight excluding hydrogens is 917 g/mol. The second-order valence-electron chi connectivity index (χ2n) is 19.0. The molecule has 1 aromatic carbocycles. The van der Waals surface area contributed by atoms with Crippen LogP contribution in [0.3, 0.4) is 0 Å². The number of aliphatic hydroxyl groups is 2. The van der Waals surface area contributed by atoms with Gasteiger partial charge in [-0.05, 0) is 99.2 Å². The second kappa shape index (κ2) is 23.9. The van der Waals surface area contributed by atoms with Crippen LogP contribution in [0.4, 0.5) is 5.82 Å². The molecule has 0 radical (unpaired) electrons. The molecule has 0 aliphatic carbocycles. The molecule has 0 saturated carbocycles. The van der Waals surface area contributed by atoms with E-state index in [1.165, 1.54) is 4.90 Å². The lowest BCUT2D eigenvalue weighted by Crippen LogP contribution is -2.57. The standard InChI is InChI=1S/C49H66N12O8S/c1-8-60-41-36(27-53-34(19-20-49(6,7)67)39(41)57-45(60)40-44(50)59-69-58-40)68-24-12-22-51-21-11-14-37(63)52-23-10-9-13-38(64)56-43(48(3,4)5)47(66)61-28-33(62)25-35(61)46(65)54-26-31-15-17-32(18-16-31)42-30(2)55-29-70-42/h15-18,27,29,33,35,43,51,62,67H,8-14,21-26,28H2,1-7H3,(H2,50,59)(H,52,63)(H,54,65)(H,56,64). The van der Waals surface area contributed by atoms with Crippen molar-refractivity contribution in [3.8, 4) is 39.5 Å². The number of carbonyl (C=O) groups excluding carboxylic acids is 4. The van der Waals surface area contributed by atoms with Crippen molar-refractivity contribution in [2.24, 2.45) is 5.41 Å². The molecule has 20 nitrogen and oxygen atoms in total. The van der Waals surface area contributed by atoms with Crippen molar-refractivity contribution in [3.05, 3.63) is 52.9 Å². The van der Waals surface area contributed by atoms with E-state index in [9.17, 15) is 29.4 Å². The zero-order valence-electron chi connectivity index (χ0n) is 41.1. The van der Waals surface area contributed by atoms with Crippen molar-refractivity contribution in [3.63, 3.8) is 0 Å². The number of amides is 4. The SMILES string of the molecule is CCn1c(-c2nonc2N)nc2c(C#CC(C)(C)O)ncc(OCCCNCCCC(=O)NCCCCC(=O)NC(C(=O)N3CC(O)CC3C(=O)NCc3ccc(-c4scnc4C)cc3)C(C)(C)C)c21. The number of nitrogens with two attached hydrogens (primary N) is 1. The summed E-state index contributed by atoms with van der Waals surface area (Å²) in [5, 5.41) is 40.5. The van der Waals surface area contributed by atoms with Crippen LogP contribution in [0.1, 0.15) is 103 Å². The quantitative estimate of drug-likeness (QED) is 0.0383. The van der Waals surface area contributed by atoms with Crippen molar-refractivity contribution in [2.45, 2.75) is 130 Å². The Morgan fingerprint density at radius 3 is 2.40 bits per heavy atom. The van der Waals surface area contributed by atoms with Gasteiger partial charge >= 0.3 is 0 Å². The van der Waals surface area contributed by atoms with E-state index in [1.807, 2.05) is 69.0 Å². The summed E-state index contributed by atoms with van der Waals surface area (Å²) in [6, 6.07) is 6.06. The Hall–Kier alpha value is -6.47. The Morgan fingerprint density at radius 1 is 0.986 bits per heavy atom. The van der Waals surface area contributed by atoms with E-state index in [2.05, 4.69) is 53.4 Å². The molecule has 3 unspecified atom stereocenters. The first-order chi connectivity index (χ1) is 33.3. The maximum atomic E-state index is 14.0. The molecule has 5 aromatic rings. The number of hydrogen-bond acceptors (Lipinski definition) is 16. The highest BCUT2D eigenvalue weighted by Crippen LogP contribution is 2.34. The minimum Gasteiger partial charge on any atom is -0.490 e. The van der Waals surface area contributed by atoms with Crippen molar-refractivity contribution in [1.29, 1.82) is 0 Å². The zero-order valence-corrected chi connectivity index (χ0v) is 41.9. The molecule has 1 aliphatic heterocycles. The Kier molecular flexibility index (Phi) is 18.1. The van der Waals surface area contributed by atoms with Gasteiger partial charge in [-0.15, -0.1) is 11.3 Å². The van der Waals surface area contributed by atoms with E-state index in [-0.39, 0.29) is 55.2 Å². The van der Waals surface area contributed by atoms with Gasteiger partial charge in [-0.2, -0.15) is 0 Å². The normalized spacial score (nSPS) is 15.4. The van der Waals surface area contributed by atoms with Gasteiger partial charge in [0.25, 0.3) is 0 Å². The Balaban J connectivity index is 0.873. The maximum absolute atomic E-state index is 14.0. The third-order valence-corrected chi connectivity index (χ3v) is 12.6. The molecule has 3 atom stereocenters. The number of thiazole rings is 1. The number of aliphatic hydroxyl groups excluding tert-OH is 1. The number of aromatic nitrogens is 6. The fraction of sp³-hybridized carbons (Fsp3) is 0.531. The molecule has 0 bridgehead atoms. The number of β-amino-alcohol motifs (C(OH)–C–C–N with tert-alkyl or cyclic N) is 1. The zero-order chi connectivity index (χ0) is 50.6. The molecule has 0 spiro atoms. The van der Waals surface area contributed by atoms with Crippen molar-refractivity contribution >= 4 is 51.8 Å². The summed E-state index contributed by atoms with van der Waals surface area (Å²) in [6.07, 6.45) is 3.68. The molecule has 21 heteroatoms. The minimum atomic E-state index is -1.24. The molecule has 8 N–H and O–H groups in total. The Bertz CT molecular complexity index is 2660. The van der Waals surface area contributed by atoms with E-state index in [1.54, 1.807) is 31.4 Å². The number of anilines is 1. The number of likely N-dealkylation sites (tertiary alicyclic amines) is 1. The van der Waals surface area contributed by atoms with Crippen LogP contribution in [0.2, 0.25) is 0 Å².